The molecular formula is C13H19ClN4O. The van der Waals surface area contributed by atoms with Crippen LogP contribution in [0, 0.1) is 0 Å². The maximum atomic E-state index is 10.3. The van der Waals surface area contributed by atoms with Crippen molar-refractivity contribution >= 4 is 11.6 Å². The van der Waals surface area contributed by atoms with Gasteiger partial charge in [0, 0.05) is 31.8 Å². The quantitative estimate of drug-likeness (QED) is 0.914. The minimum atomic E-state index is -0.613. The molecule has 0 amide bonds. The SMILES string of the molecule is CCc1nn(CC)c(CC(O)c2cnn(C)c2)c1Cl. The van der Waals surface area contributed by atoms with E-state index in [0.29, 0.717) is 11.4 Å². The maximum absolute atomic E-state index is 10.3. The van der Waals surface area contributed by atoms with Gasteiger partial charge in [0.2, 0.25) is 0 Å². The van der Waals surface area contributed by atoms with Gasteiger partial charge in [0.1, 0.15) is 0 Å². The number of aryl methyl sites for hydroxylation is 3. The van der Waals surface area contributed by atoms with Gasteiger partial charge < -0.3 is 5.11 Å². The number of aliphatic hydroxyl groups excluding tert-OH is 1. The van der Waals surface area contributed by atoms with Crippen molar-refractivity contribution in [1.82, 2.24) is 19.6 Å². The van der Waals surface area contributed by atoms with Crippen molar-refractivity contribution in [3.05, 3.63) is 34.4 Å². The first-order chi connectivity index (χ1) is 9.06. The van der Waals surface area contributed by atoms with Crippen molar-refractivity contribution < 1.29 is 5.11 Å². The number of halogens is 1. The van der Waals surface area contributed by atoms with Gasteiger partial charge in [-0.25, -0.2) is 0 Å². The van der Waals surface area contributed by atoms with Crippen molar-refractivity contribution in [2.75, 3.05) is 0 Å². The number of aliphatic hydroxyl groups is 1. The molecule has 0 spiro atoms. The van der Waals surface area contributed by atoms with Gasteiger partial charge in [0.05, 0.1) is 28.7 Å². The molecule has 0 fully saturated rings. The predicted octanol–water partition coefficient (Wildman–Crippen LogP) is 2.13. The zero-order chi connectivity index (χ0) is 14.0. The van der Waals surface area contributed by atoms with Crippen molar-refractivity contribution in [1.29, 1.82) is 0 Å². The van der Waals surface area contributed by atoms with Gasteiger partial charge >= 0.3 is 0 Å². The molecule has 2 heterocycles. The molecule has 2 aromatic heterocycles. The highest BCUT2D eigenvalue weighted by Crippen LogP contribution is 2.26. The van der Waals surface area contributed by atoms with Crippen LogP contribution in [-0.2, 0) is 26.4 Å². The summed E-state index contributed by atoms with van der Waals surface area (Å²) in [6, 6.07) is 0. The summed E-state index contributed by atoms with van der Waals surface area (Å²) in [4.78, 5) is 0. The van der Waals surface area contributed by atoms with Crippen LogP contribution in [0.4, 0.5) is 0 Å². The van der Waals surface area contributed by atoms with E-state index in [1.165, 1.54) is 0 Å². The van der Waals surface area contributed by atoms with E-state index in [9.17, 15) is 5.11 Å². The molecule has 5 nitrogen and oxygen atoms in total. The summed E-state index contributed by atoms with van der Waals surface area (Å²) < 4.78 is 3.54. The van der Waals surface area contributed by atoms with Crippen molar-refractivity contribution in [2.24, 2.45) is 7.05 Å². The number of nitrogens with zero attached hydrogens (tertiary/aromatic N) is 4. The van der Waals surface area contributed by atoms with Gasteiger partial charge in [-0.05, 0) is 13.3 Å². The third-order valence-electron chi connectivity index (χ3n) is 3.19. The minimum absolute atomic E-state index is 0.450. The molecule has 1 N–H and O–H groups in total. The van der Waals surface area contributed by atoms with Crippen LogP contribution in [0.3, 0.4) is 0 Å². The van der Waals surface area contributed by atoms with Crippen LogP contribution in [0.25, 0.3) is 0 Å². The lowest BCUT2D eigenvalue weighted by atomic mass is 10.1. The molecule has 0 aliphatic carbocycles. The van der Waals surface area contributed by atoms with E-state index in [-0.39, 0.29) is 0 Å². The molecule has 1 atom stereocenters. The molecule has 0 saturated carbocycles. The summed E-state index contributed by atoms with van der Waals surface area (Å²) in [5.41, 5.74) is 2.56. The number of aromatic nitrogens is 4. The molecule has 0 aromatic carbocycles. The fourth-order valence-corrected chi connectivity index (χ4v) is 2.47. The van der Waals surface area contributed by atoms with Crippen LogP contribution in [-0.4, -0.2) is 24.7 Å². The van der Waals surface area contributed by atoms with Crippen LogP contribution in [0.2, 0.25) is 5.02 Å². The van der Waals surface area contributed by atoms with E-state index in [4.69, 9.17) is 11.6 Å². The van der Waals surface area contributed by atoms with Gasteiger partial charge in [-0.2, -0.15) is 10.2 Å². The van der Waals surface area contributed by atoms with E-state index in [0.717, 1.165) is 29.9 Å². The Kier molecular flexibility index (Phi) is 4.27. The molecule has 19 heavy (non-hydrogen) atoms. The normalized spacial score (nSPS) is 12.9. The molecule has 2 rings (SSSR count). The molecule has 6 heteroatoms. The average molecular weight is 283 g/mol. The van der Waals surface area contributed by atoms with E-state index < -0.39 is 6.10 Å². The Bertz CT molecular complexity index is 561. The summed E-state index contributed by atoms with van der Waals surface area (Å²) in [5.74, 6) is 0. The average Bonchev–Trinajstić information content (AvgIpc) is 2.95. The fraction of sp³-hybridized carbons (Fsp3) is 0.538. The number of hydrogen-bond donors (Lipinski definition) is 1. The second-order valence-electron chi connectivity index (χ2n) is 4.54. The first-order valence-corrected chi connectivity index (χ1v) is 6.85. The molecule has 104 valence electrons. The smallest absolute Gasteiger partial charge is 0.0876 e. The number of rotatable bonds is 5. The summed E-state index contributed by atoms with van der Waals surface area (Å²) in [6.45, 7) is 4.78. The van der Waals surface area contributed by atoms with Crippen LogP contribution in [0.1, 0.15) is 36.9 Å². The molecular weight excluding hydrogens is 264 g/mol. The second-order valence-corrected chi connectivity index (χ2v) is 4.92. The zero-order valence-corrected chi connectivity index (χ0v) is 12.2. The zero-order valence-electron chi connectivity index (χ0n) is 11.5. The lowest BCUT2D eigenvalue weighted by molar-refractivity contribution is 0.175. The Morgan fingerprint density at radius 3 is 2.68 bits per heavy atom. The largest absolute Gasteiger partial charge is 0.388 e. The first-order valence-electron chi connectivity index (χ1n) is 6.47. The predicted molar refractivity (Wildman–Crippen MR) is 74.2 cm³/mol. The van der Waals surface area contributed by atoms with Crippen molar-refractivity contribution in [2.45, 2.75) is 39.3 Å². The molecule has 2 aromatic rings. The molecule has 0 radical (unpaired) electrons. The lowest BCUT2D eigenvalue weighted by Gasteiger charge is -2.10. The fourth-order valence-electron chi connectivity index (χ4n) is 2.13. The third kappa shape index (κ3) is 2.82. The highest BCUT2D eigenvalue weighted by atomic mass is 35.5. The first kappa shape index (κ1) is 14.1. The van der Waals surface area contributed by atoms with E-state index in [1.54, 1.807) is 10.9 Å². The van der Waals surface area contributed by atoms with Crippen LogP contribution < -0.4 is 0 Å². The van der Waals surface area contributed by atoms with Gasteiger partial charge in [-0.15, -0.1) is 0 Å². The summed E-state index contributed by atoms with van der Waals surface area (Å²) >= 11 is 6.33. The topological polar surface area (TPSA) is 55.9 Å². The molecule has 0 bridgehead atoms. The second kappa shape index (κ2) is 5.75. The van der Waals surface area contributed by atoms with Crippen molar-refractivity contribution in [3.8, 4) is 0 Å². The monoisotopic (exact) mass is 282 g/mol. The summed E-state index contributed by atoms with van der Waals surface area (Å²) in [5, 5.41) is 19.5. The summed E-state index contributed by atoms with van der Waals surface area (Å²) in [7, 11) is 1.83. The summed E-state index contributed by atoms with van der Waals surface area (Å²) in [6.07, 6.45) is 4.11. The minimum Gasteiger partial charge on any atom is -0.388 e. The maximum Gasteiger partial charge on any atom is 0.0876 e. The van der Waals surface area contributed by atoms with Gasteiger partial charge in [0.15, 0.2) is 0 Å². The van der Waals surface area contributed by atoms with Crippen LogP contribution in [0.15, 0.2) is 12.4 Å². The van der Waals surface area contributed by atoms with E-state index in [1.807, 2.05) is 31.8 Å². The highest BCUT2D eigenvalue weighted by molar-refractivity contribution is 6.31. The van der Waals surface area contributed by atoms with Crippen LogP contribution >= 0.6 is 11.6 Å². The molecule has 0 aliphatic heterocycles. The Hall–Kier alpha value is -1.33. The lowest BCUT2D eigenvalue weighted by Crippen LogP contribution is -2.08. The molecule has 0 aliphatic rings. The highest BCUT2D eigenvalue weighted by Gasteiger charge is 2.19. The van der Waals surface area contributed by atoms with Gasteiger partial charge in [-0.1, -0.05) is 18.5 Å². The Labute approximate surface area is 117 Å². The van der Waals surface area contributed by atoms with Crippen molar-refractivity contribution in [3.63, 3.8) is 0 Å². The third-order valence-corrected chi connectivity index (χ3v) is 3.63. The Balaban J connectivity index is 2.25. The van der Waals surface area contributed by atoms with Gasteiger partial charge in [-0.3, -0.25) is 9.36 Å². The van der Waals surface area contributed by atoms with Crippen LogP contribution in [0.5, 0.6) is 0 Å². The Morgan fingerprint density at radius 2 is 2.16 bits per heavy atom. The standard InChI is InChI=1S/C13H19ClN4O/c1-4-10-13(14)11(18(5-2)16-10)6-12(19)9-7-15-17(3)8-9/h7-8,12,19H,4-6H2,1-3H3. The molecule has 1 unspecified atom stereocenters. The van der Waals surface area contributed by atoms with Gasteiger partial charge in [0.25, 0.3) is 0 Å². The van der Waals surface area contributed by atoms with E-state index in [2.05, 4.69) is 10.2 Å². The molecule has 0 saturated heterocycles. The number of hydrogen-bond acceptors (Lipinski definition) is 3. The van der Waals surface area contributed by atoms with E-state index >= 15 is 0 Å². The Morgan fingerprint density at radius 1 is 1.42 bits per heavy atom.